The van der Waals surface area contributed by atoms with Gasteiger partial charge in [0.15, 0.2) is 0 Å². The summed E-state index contributed by atoms with van der Waals surface area (Å²) in [5.41, 5.74) is 0. The molecule has 16 heavy (non-hydrogen) atoms. The molecule has 0 saturated carbocycles. The van der Waals surface area contributed by atoms with Gasteiger partial charge in [-0.3, -0.25) is 0 Å². The van der Waals surface area contributed by atoms with Crippen LogP contribution >= 0.6 is 23.5 Å². The summed E-state index contributed by atoms with van der Waals surface area (Å²) >= 11 is 4.25. The number of hydrogen-bond acceptors (Lipinski definition) is 3. The lowest BCUT2D eigenvalue weighted by Gasteiger charge is -2.35. The van der Waals surface area contributed by atoms with Gasteiger partial charge in [-0.25, -0.2) is 0 Å². The van der Waals surface area contributed by atoms with Crippen LogP contribution in [0.5, 0.6) is 0 Å². The first kappa shape index (κ1) is 14.3. The molecule has 92 valence electrons. The minimum Gasteiger partial charge on any atom is -0.312 e. The summed E-state index contributed by atoms with van der Waals surface area (Å²) in [7, 11) is 0. The fourth-order valence-corrected chi connectivity index (χ4v) is 4.96. The maximum atomic E-state index is 3.59. The fourth-order valence-electron chi connectivity index (χ4n) is 1.83. The van der Waals surface area contributed by atoms with Crippen LogP contribution in [0.25, 0.3) is 0 Å². The summed E-state index contributed by atoms with van der Waals surface area (Å²) in [6.45, 7) is 9.84. The largest absolute Gasteiger partial charge is 0.312 e. The molecule has 1 saturated heterocycles. The van der Waals surface area contributed by atoms with E-state index in [-0.39, 0.29) is 0 Å². The first-order chi connectivity index (χ1) is 7.69. The van der Waals surface area contributed by atoms with Gasteiger partial charge in [0.25, 0.3) is 0 Å². The van der Waals surface area contributed by atoms with Crippen molar-refractivity contribution in [2.45, 2.75) is 55.9 Å². The number of thioether (sulfide) groups is 2. The summed E-state index contributed by atoms with van der Waals surface area (Å²) in [6, 6.07) is 0.560. The molecule has 0 radical (unpaired) electrons. The normalized spacial score (nSPS) is 31.6. The van der Waals surface area contributed by atoms with Crippen molar-refractivity contribution >= 4 is 23.5 Å². The Bertz CT molecular complexity index is 256. The predicted octanol–water partition coefficient (Wildman–Crippen LogP) is 3.00. The lowest BCUT2D eigenvalue weighted by atomic mass is 10.1. The summed E-state index contributed by atoms with van der Waals surface area (Å²) in [5.74, 6) is 7.49. The van der Waals surface area contributed by atoms with Crippen LogP contribution in [0.2, 0.25) is 0 Å². The van der Waals surface area contributed by atoms with Gasteiger partial charge in [0.2, 0.25) is 0 Å². The molecule has 1 N–H and O–H groups in total. The highest BCUT2D eigenvalue weighted by atomic mass is 32.2. The Kier molecular flexibility index (Phi) is 6.72. The molecule has 1 nitrogen and oxygen atoms in total. The van der Waals surface area contributed by atoms with Gasteiger partial charge in [-0.1, -0.05) is 20.8 Å². The maximum absolute atomic E-state index is 3.59. The molecule has 3 heteroatoms. The third kappa shape index (κ3) is 4.24. The highest BCUT2D eigenvalue weighted by molar-refractivity contribution is 8.07. The minimum atomic E-state index is 0.560. The Labute approximate surface area is 109 Å². The van der Waals surface area contributed by atoms with Crippen molar-refractivity contribution in [3.05, 3.63) is 0 Å². The molecule has 0 bridgehead atoms. The SMILES string of the molecule is CC#CCC(NCC)C1CSC(C)C(C)S1. The molecule has 4 unspecified atom stereocenters. The van der Waals surface area contributed by atoms with Crippen molar-refractivity contribution in [3.8, 4) is 11.8 Å². The molecule has 1 fully saturated rings. The zero-order valence-corrected chi connectivity index (χ0v) is 12.4. The van der Waals surface area contributed by atoms with Crippen molar-refractivity contribution in [1.82, 2.24) is 5.32 Å². The Morgan fingerprint density at radius 2 is 2.12 bits per heavy atom. The summed E-state index contributed by atoms with van der Waals surface area (Å²) in [6.07, 6.45) is 0.990. The molecule has 1 rings (SSSR count). The van der Waals surface area contributed by atoms with E-state index in [2.05, 4.69) is 61.5 Å². The maximum Gasteiger partial charge on any atom is 0.0304 e. The van der Waals surface area contributed by atoms with Gasteiger partial charge in [-0.05, 0) is 13.5 Å². The molecule has 0 amide bonds. The summed E-state index contributed by atoms with van der Waals surface area (Å²) < 4.78 is 0. The third-order valence-corrected chi connectivity index (χ3v) is 6.54. The highest BCUT2D eigenvalue weighted by Gasteiger charge is 2.30. The molecule has 0 spiro atoms. The van der Waals surface area contributed by atoms with Crippen LogP contribution in [-0.2, 0) is 0 Å². The second-order valence-electron chi connectivity index (χ2n) is 4.21. The zero-order valence-electron chi connectivity index (χ0n) is 10.7. The molecule has 4 atom stereocenters. The molecular weight excluding hydrogens is 234 g/mol. The number of nitrogens with one attached hydrogen (secondary N) is 1. The van der Waals surface area contributed by atoms with E-state index in [4.69, 9.17) is 0 Å². The molecule has 1 aliphatic heterocycles. The minimum absolute atomic E-state index is 0.560. The Hall–Kier alpha value is 0.220. The van der Waals surface area contributed by atoms with Crippen LogP contribution in [0, 0.1) is 11.8 Å². The van der Waals surface area contributed by atoms with Gasteiger partial charge < -0.3 is 5.32 Å². The van der Waals surface area contributed by atoms with E-state index in [1.165, 1.54) is 5.75 Å². The second-order valence-corrected chi connectivity index (χ2v) is 7.24. The Morgan fingerprint density at radius 3 is 2.69 bits per heavy atom. The zero-order chi connectivity index (χ0) is 12.0. The fraction of sp³-hybridized carbons (Fsp3) is 0.846. The van der Waals surface area contributed by atoms with Gasteiger partial charge in [0.05, 0.1) is 0 Å². The standard InChI is InChI=1S/C13H23NS2/c1-5-7-8-12(14-6-2)13-9-15-10(3)11(4)16-13/h10-14H,6,8-9H2,1-4H3. The van der Waals surface area contributed by atoms with Crippen molar-refractivity contribution in [2.75, 3.05) is 12.3 Å². The van der Waals surface area contributed by atoms with E-state index < -0.39 is 0 Å². The quantitative estimate of drug-likeness (QED) is 0.778. The van der Waals surface area contributed by atoms with Crippen LogP contribution in [0.4, 0.5) is 0 Å². The molecule has 1 heterocycles. The lowest BCUT2D eigenvalue weighted by Crippen LogP contribution is -2.43. The van der Waals surface area contributed by atoms with Gasteiger partial charge >= 0.3 is 0 Å². The topological polar surface area (TPSA) is 12.0 Å². The van der Waals surface area contributed by atoms with Crippen molar-refractivity contribution in [1.29, 1.82) is 0 Å². The average Bonchev–Trinajstić information content (AvgIpc) is 2.28. The predicted molar refractivity (Wildman–Crippen MR) is 78.3 cm³/mol. The van der Waals surface area contributed by atoms with Crippen LogP contribution in [0.15, 0.2) is 0 Å². The summed E-state index contributed by atoms with van der Waals surface area (Å²) in [4.78, 5) is 0. The van der Waals surface area contributed by atoms with E-state index >= 15 is 0 Å². The van der Waals surface area contributed by atoms with E-state index in [0.717, 1.165) is 28.7 Å². The highest BCUT2D eigenvalue weighted by Crippen LogP contribution is 2.37. The number of hydrogen-bond donors (Lipinski definition) is 1. The molecular formula is C13H23NS2. The van der Waals surface area contributed by atoms with Crippen LogP contribution < -0.4 is 5.32 Å². The number of rotatable bonds is 4. The first-order valence-corrected chi connectivity index (χ1v) is 8.08. The molecule has 0 aromatic rings. The van der Waals surface area contributed by atoms with Gasteiger partial charge in [-0.15, -0.1) is 11.8 Å². The lowest BCUT2D eigenvalue weighted by molar-refractivity contribution is 0.533. The van der Waals surface area contributed by atoms with E-state index in [9.17, 15) is 0 Å². The van der Waals surface area contributed by atoms with Crippen LogP contribution in [-0.4, -0.2) is 34.1 Å². The van der Waals surface area contributed by atoms with E-state index in [1.807, 2.05) is 6.92 Å². The summed E-state index contributed by atoms with van der Waals surface area (Å²) in [5, 5.41) is 5.86. The van der Waals surface area contributed by atoms with Crippen molar-refractivity contribution < 1.29 is 0 Å². The molecule has 0 aliphatic carbocycles. The van der Waals surface area contributed by atoms with Crippen LogP contribution in [0.3, 0.4) is 0 Å². The average molecular weight is 257 g/mol. The van der Waals surface area contributed by atoms with Crippen molar-refractivity contribution in [3.63, 3.8) is 0 Å². The Balaban J connectivity index is 2.52. The Morgan fingerprint density at radius 1 is 1.38 bits per heavy atom. The van der Waals surface area contributed by atoms with Gasteiger partial charge in [0, 0.05) is 34.0 Å². The smallest absolute Gasteiger partial charge is 0.0304 e. The third-order valence-electron chi connectivity index (χ3n) is 2.99. The van der Waals surface area contributed by atoms with E-state index in [1.54, 1.807) is 0 Å². The monoisotopic (exact) mass is 257 g/mol. The second kappa shape index (κ2) is 7.53. The van der Waals surface area contributed by atoms with Gasteiger partial charge in [0.1, 0.15) is 0 Å². The van der Waals surface area contributed by atoms with E-state index in [0.29, 0.717) is 6.04 Å². The van der Waals surface area contributed by atoms with Crippen molar-refractivity contribution in [2.24, 2.45) is 0 Å². The first-order valence-electron chi connectivity index (χ1n) is 6.09. The molecule has 0 aromatic heterocycles. The van der Waals surface area contributed by atoms with Crippen LogP contribution in [0.1, 0.15) is 34.1 Å². The molecule has 0 aromatic carbocycles. The van der Waals surface area contributed by atoms with Gasteiger partial charge in [-0.2, -0.15) is 23.5 Å². The molecule has 1 aliphatic rings.